The van der Waals surface area contributed by atoms with E-state index < -0.39 is 0 Å². The number of rotatable bonds is 7. The summed E-state index contributed by atoms with van der Waals surface area (Å²) in [6.07, 6.45) is 1.42. The van der Waals surface area contributed by atoms with Crippen LogP contribution >= 0.6 is 22.9 Å². The molecule has 0 radical (unpaired) electrons. The number of nitrogens with one attached hydrogen (secondary N) is 3. The van der Waals surface area contributed by atoms with Crippen LogP contribution in [0.3, 0.4) is 0 Å². The number of amides is 3. The van der Waals surface area contributed by atoms with Gasteiger partial charge in [-0.1, -0.05) is 23.7 Å². The van der Waals surface area contributed by atoms with Crippen molar-refractivity contribution in [3.8, 4) is 0 Å². The number of halogens is 1. The third kappa shape index (κ3) is 5.69. The summed E-state index contributed by atoms with van der Waals surface area (Å²) in [5.74, 6) is -0.545. The maximum atomic E-state index is 12.7. The fourth-order valence-electron chi connectivity index (χ4n) is 3.11. The minimum absolute atomic E-state index is 0.0236. The summed E-state index contributed by atoms with van der Waals surface area (Å²) >= 11 is 7.09. The van der Waals surface area contributed by atoms with E-state index in [-0.39, 0.29) is 24.1 Å². The molecule has 2 heterocycles. The second-order valence-electron chi connectivity index (χ2n) is 7.22. The Morgan fingerprint density at radius 2 is 1.68 bits per heavy atom. The van der Waals surface area contributed by atoms with E-state index >= 15 is 0 Å². The van der Waals surface area contributed by atoms with E-state index in [1.54, 1.807) is 66.9 Å². The summed E-state index contributed by atoms with van der Waals surface area (Å²) in [7, 11) is 0. The van der Waals surface area contributed by atoms with Crippen LogP contribution in [0.25, 0.3) is 0 Å². The number of aryl methyl sites for hydroxylation is 1. The normalized spacial score (nSPS) is 10.5. The Hall–Kier alpha value is -3.95. The largest absolute Gasteiger partial charge is 0.469 e. The smallest absolute Gasteiger partial charge is 0.260 e. The van der Waals surface area contributed by atoms with Crippen molar-refractivity contribution in [2.24, 2.45) is 0 Å². The molecular formula is C24H19ClN4O4S. The number of benzene rings is 2. The molecule has 0 saturated carbocycles. The topological polar surface area (TPSA) is 113 Å². The van der Waals surface area contributed by atoms with Gasteiger partial charge in [-0.3, -0.25) is 19.7 Å². The molecule has 10 heteroatoms. The summed E-state index contributed by atoms with van der Waals surface area (Å²) in [5.41, 5.74) is 2.18. The molecule has 0 spiro atoms. The fraction of sp³-hybridized carbons (Fsp3) is 0.0833. The highest BCUT2D eigenvalue weighted by molar-refractivity contribution is 7.14. The standard InChI is InChI=1S/C24H19ClN4O4S/c1-14-18(10-11-33-14)22(31)29-24-27-17(13-34-24)12-21(30)28-20-5-3-2-4-19(20)23(32)26-16-8-6-15(25)7-9-16/h2-11,13H,12H2,1H3,(H,26,32)(H,28,30)(H,27,29,31). The quantitative estimate of drug-likeness (QED) is 0.319. The van der Waals surface area contributed by atoms with Gasteiger partial charge in [-0.15, -0.1) is 11.3 Å². The fourth-order valence-corrected chi connectivity index (χ4v) is 3.94. The van der Waals surface area contributed by atoms with Crippen molar-refractivity contribution in [1.82, 2.24) is 4.98 Å². The van der Waals surface area contributed by atoms with E-state index in [9.17, 15) is 14.4 Å². The van der Waals surface area contributed by atoms with Crippen LogP contribution in [0.2, 0.25) is 5.02 Å². The Morgan fingerprint density at radius 1 is 0.941 bits per heavy atom. The average Bonchev–Trinajstić information content (AvgIpc) is 3.44. The molecule has 0 atom stereocenters. The van der Waals surface area contributed by atoms with Crippen LogP contribution in [0.15, 0.2) is 70.7 Å². The molecule has 4 rings (SSSR count). The summed E-state index contributed by atoms with van der Waals surface area (Å²) in [6.45, 7) is 1.69. The lowest BCUT2D eigenvalue weighted by Gasteiger charge is -2.11. The summed E-state index contributed by atoms with van der Waals surface area (Å²) < 4.78 is 5.14. The zero-order chi connectivity index (χ0) is 24.1. The molecular weight excluding hydrogens is 476 g/mol. The highest BCUT2D eigenvalue weighted by Crippen LogP contribution is 2.21. The molecule has 3 N–H and O–H groups in total. The summed E-state index contributed by atoms with van der Waals surface area (Å²) in [4.78, 5) is 41.9. The number of carbonyl (C=O) groups is 3. The first-order valence-electron chi connectivity index (χ1n) is 10.1. The Bertz CT molecular complexity index is 1350. The Morgan fingerprint density at radius 3 is 2.41 bits per heavy atom. The summed E-state index contributed by atoms with van der Waals surface area (Å²) in [5, 5.41) is 10.9. The van der Waals surface area contributed by atoms with E-state index in [0.29, 0.717) is 44.1 Å². The number of anilines is 3. The monoisotopic (exact) mass is 494 g/mol. The third-order valence-corrected chi connectivity index (χ3v) is 5.82. The molecule has 0 saturated heterocycles. The first-order chi connectivity index (χ1) is 16.4. The SMILES string of the molecule is Cc1occc1C(=O)Nc1nc(CC(=O)Nc2ccccc2C(=O)Nc2ccc(Cl)cc2)cs1. The second-order valence-corrected chi connectivity index (χ2v) is 8.51. The number of carbonyl (C=O) groups excluding carboxylic acids is 3. The summed E-state index contributed by atoms with van der Waals surface area (Å²) in [6, 6.07) is 15.0. The van der Waals surface area contributed by atoms with Crippen molar-refractivity contribution in [3.63, 3.8) is 0 Å². The molecule has 0 bridgehead atoms. The van der Waals surface area contributed by atoms with Crippen LogP contribution in [0.4, 0.5) is 16.5 Å². The number of hydrogen-bond donors (Lipinski definition) is 3. The maximum Gasteiger partial charge on any atom is 0.260 e. The van der Waals surface area contributed by atoms with Crippen molar-refractivity contribution in [2.75, 3.05) is 16.0 Å². The molecule has 0 aliphatic rings. The second kappa shape index (κ2) is 10.3. The molecule has 34 heavy (non-hydrogen) atoms. The zero-order valence-electron chi connectivity index (χ0n) is 17.9. The van der Waals surface area contributed by atoms with Gasteiger partial charge in [0.15, 0.2) is 5.13 Å². The molecule has 0 unspecified atom stereocenters. The van der Waals surface area contributed by atoms with Gasteiger partial charge in [0.2, 0.25) is 5.91 Å². The molecule has 3 amide bonds. The minimum Gasteiger partial charge on any atom is -0.469 e. The first kappa shape index (κ1) is 23.2. The van der Waals surface area contributed by atoms with Crippen molar-refractivity contribution in [1.29, 1.82) is 0 Å². The third-order valence-electron chi connectivity index (χ3n) is 4.77. The number of thiazole rings is 1. The van der Waals surface area contributed by atoms with Gasteiger partial charge >= 0.3 is 0 Å². The zero-order valence-corrected chi connectivity index (χ0v) is 19.5. The predicted octanol–water partition coefficient (Wildman–Crippen LogP) is 5.38. The average molecular weight is 495 g/mol. The van der Waals surface area contributed by atoms with Crippen LogP contribution < -0.4 is 16.0 Å². The first-order valence-corrected chi connectivity index (χ1v) is 11.4. The molecule has 172 valence electrons. The number of aromatic nitrogens is 1. The van der Waals surface area contributed by atoms with Crippen molar-refractivity contribution in [2.45, 2.75) is 13.3 Å². The van der Waals surface area contributed by atoms with E-state index in [1.807, 2.05) is 0 Å². The van der Waals surface area contributed by atoms with Crippen LogP contribution in [0.1, 0.15) is 32.2 Å². The predicted molar refractivity (Wildman–Crippen MR) is 132 cm³/mol. The van der Waals surface area contributed by atoms with E-state index in [2.05, 4.69) is 20.9 Å². The van der Waals surface area contributed by atoms with Gasteiger partial charge in [-0.2, -0.15) is 0 Å². The van der Waals surface area contributed by atoms with Gasteiger partial charge in [-0.25, -0.2) is 4.98 Å². The van der Waals surface area contributed by atoms with Gasteiger partial charge in [0.05, 0.1) is 35.2 Å². The molecule has 2 aromatic carbocycles. The van der Waals surface area contributed by atoms with Gasteiger partial charge < -0.3 is 15.1 Å². The van der Waals surface area contributed by atoms with Gasteiger partial charge in [0, 0.05) is 16.1 Å². The number of para-hydroxylation sites is 1. The Balaban J connectivity index is 1.38. The molecule has 8 nitrogen and oxygen atoms in total. The number of nitrogens with zero attached hydrogens (tertiary/aromatic N) is 1. The van der Waals surface area contributed by atoms with Crippen LogP contribution in [-0.4, -0.2) is 22.7 Å². The molecule has 0 aliphatic heterocycles. The lowest BCUT2D eigenvalue weighted by molar-refractivity contribution is -0.115. The number of furan rings is 1. The number of hydrogen-bond acceptors (Lipinski definition) is 6. The van der Waals surface area contributed by atoms with Gasteiger partial charge in [-0.05, 0) is 49.4 Å². The van der Waals surface area contributed by atoms with E-state index in [0.717, 1.165) is 0 Å². The molecule has 4 aromatic rings. The van der Waals surface area contributed by atoms with Gasteiger partial charge in [0.1, 0.15) is 5.76 Å². The van der Waals surface area contributed by atoms with E-state index in [4.69, 9.17) is 16.0 Å². The lowest BCUT2D eigenvalue weighted by atomic mass is 10.1. The van der Waals surface area contributed by atoms with Crippen LogP contribution in [-0.2, 0) is 11.2 Å². The minimum atomic E-state index is -0.369. The Kier molecular flexibility index (Phi) is 7.05. The molecule has 0 fully saturated rings. The van der Waals surface area contributed by atoms with Crippen LogP contribution in [0.5, 0.6) is 0 Å². The highest BCUT2D eigenvalue weighted by atomic mass is 35.5. The van der Waals surface area contributed by atoms with Crippen molar-refractivity contribution >= 4 is 57.2 Å². The molecule has 0 aliphatic carbocycles. The Labute approximate surface area is 204 Å². The lowest BCUT2D eigenvalue weighted by Crippen LogP contribution is -2.19. The van der Waals surface area contributed by atoms with Crippen molar-refractivity contribution < 1.29 is 18.8 Å². The highest BCUT2D eigenvalue weighted by Gasteiger charge is 2.16. The van der Waals surface area contributed by atoms with Crippen LogP contribution in [0, 0.1) is 6.92 Å². The van der Waals surface area contributed by atoms with E-state index in [1.165, 1.54) is 17.6 Å². The maximum absolute atomic E-state index is 12.7. The van der Waals surface area contributed by atoms with Gasteiger partial charge in [0.25, 0.3) is 11.8 Å². The molecule has 2 aromatic heterocycles. The van der Waals surface area contributed by atoms with Crippen molar-refractivity contribution in [3.05, 3.63) is 93.8 Å².